The van der Waals surface area contributed by atoms with E-state index < -0.39 is 0 Å². The Kier molecular flexibility index (Phi) is 2.44. The maximum absolute atomic E-state index is 5.88. The van der Waals surface area contributed by atoms with Crippen molar-refractivity contribution < 1.29 is 0 Å². The number of nitrogens with one attached hydrogen (secondary N) is 1. The largest absolute Gasteiger partial charge is 0.383 e. The monoisotopic (exact) mass is 232 g/mol. The highest BCUT2D eigenvalue weighted by Gasteiger charge is 2.20. The molecule has 3 N–H and O–H groups in total. The average Bonchev–Trinajstić information content (AvgIpc) is 2.69. The van der Waals surface area contributed by atoms with Gasteiger partial charge >= 0.3 is 0 Å². The number of piperidine rings is 1. The summed E-state index contributed by atoms with van der Waals surface area (Å²) in [5.41, 5.74) is 7.66. The Morgan fingerprint density at radius 1 is 1.35 bits per heavy atom. The molecule has 0 amide bonds. The van der Waals surface area contributed by atoms with Crippen molar-refractivity contribution in [3.63, 3.8) is 0 Å². The van der Waals surface area contributed by atoms with Gasteiger partial charge in [-0.15, -0.1) is 0 Å². The Balaban J connectivity index is 2.13. The topological polar surface area (TPSA) is 81.7 Å². The van der Waals surface area contributed by atoms with Crippen molar-refractivity contribution in [3.05, 3.63) is 12.0 Å². The van der Waals surface area contributed by atoms with E-state index >= 15 is 0 Å². The van der Waals surface area contributed by atoms with Crippen LogP contribution in [0.2, 0.25) is 0 Å². The van der Waals surface area contributed by atoms with Crippen molar-refractivity contribution in [2.45, 2.75) is 25.8 Å². The van der Waals surface area contributed by atoms with Crippen molar-refractivity contribution in [1.82, 2.24) is 25.1 Å². The van der Waals surface area contributed by atoms with E-state index in [1.165, 1.54) is 6.33 Å². The quantitative estimate of drug-likeness (QED) is 0.754. The summed E-state index contributed by atoms with van der Waals surface area (Å²) < 4.78 is 2.02. The van der Waals surface area contributed by atoms with Gasteiger partial charge in [0, 0.05) is 0 Å². The molecular formula is C11H16N6. The van der Waals surface area contributed by atoms with Gasteiger partial charge in [0.05, 0.1) is 17.1 Å². The number of hydrogen-bond donors (Lipinski definition) is 2. The molecule has 0 aromatic carbocycles. The highest BCUT2D eigenvalue weighted by atomic mass is 15.3. The van der Waals surface area contributed by atoms with Gasteiger partial charge in [0.25, 0.3) is 0 Å². The van der Waals surface area contributed by atoms with Crippen LogP contribution in [0.5, 0.6) is 0 Å². The van der Waals surface area contributed by atoms with Crippen molar-refractivity contribution in [2.24, 2.45) is 0 Å². The first-order valence-corrected chi connectivity index (χ1v) is 5.93. The molecule has 0 unspecified atom stereocenters. The molecular weight excluding hydrogens is 216 g/mol. The number of anilines is 1. The molecule has 2 aromatic rings. The van der Waals surface area contributed by atoms with Crippen molar-refractivity contribution in [2.75, 3.05) is 18.8 Å². The van der Waals surface area contributed by atoms with Crippen LogP contribution in [0.25, 0.3) is 11.0 Å². The van der Waals surface area contributed by atoms with E-state index in [0.717, 1.165) is 42.7 Å². The van der Waals surface area contributed by atoms with Crippen LogP contribution in [-0.4, -0.2) is 32.8 Å². The first-order valence-electron chi connectivity index (χ1n) is 5.93. The van der Waals surface area contributed by atoms with Crippen LogP contribution in [0, 0.1) is 6.92 Å². The SMILES string of the molecule is Cc1nn(C2CCNCC2)c2ncnc(N)c12. The minimum Gasteiger partial charge on any atom is -0.383 e. The second-order valence-corrected chi connectivity index (χ2v) is 4.47. The molecule has 1 aliphatic rings. The number of nitrogens with zero attached hydrogens (tertiary/aromatic N) is 4. The van der Waals surface area contributed by atoms with Gasteiger partial charge in [0.1, 0.15) is 12.1 Å². The lowest BCUT2D eigenvalue weighted by atomic mass is 10.1. The number of aromatic nitrogens is 4. The summed E-state index contributed by atoms with van der Waals surface area (Å²) in [6.45, 7) is 4.02. The van der Waals surface area contributed by atoms with Crippen LogP contribution >= 0.6 is 0 Å². The molecule has 90 valence electrons. The van der Waals surface area contributed by atoms with E-state index in [-0.39, 0.29) is 0 Å². The smallest absolute Gasteiger partial charge is 0.163 e. The molecule has 0 atom stereocenters. The number of fused-ring (bicyclic) bond motifs is 1. The maximum Gasteiger partial charge on any atom is 0.163 e. The lowest BCUT2D eigenvalue weighted by molar-refractivity contribution is 0.349. The minimum atomic E-state index is 0.418. The van der Waals surface area contributed by atoms with Gasteiger partial charge in [-0.1, -0.05) is 0 Å². The van der Waals surface area contributed by atoms with E-state index in [4.69, 9.17) is 5.73 Å². The molecule has 17 heavy (non-hydrogen) atoms. The number of aryl methyl sites for hydroxylation is 1. The van der Waals surface area contributed by atoms with Crippen LogP contribution in [0.4, 0.5) is 5.82 Å². The number of nitrogen functional groups attached to an aromatic ring is 1. The van der Waals surface area contributed by atoms with Gasteiger partial charge in [-0.25, -0.2) is 14.6 Å². The summed E-state index contributed by atoms with van der Waals surface area (Å²) >= 11 is 0. The van der Waals surface area contributed by atoms with E-state index in [9.17, 15) is 0 Å². The molecule has 1 saturated heterocycles. The minimum absolute atomic E-state index is 0.418. The number of rotatable bonds is 1. The fraction of sp³-hybridized carbons (Fsp3) is 0.545. The van der Waals surface area contributed by atoms with Crippen LogP contribution < -0.4 is 11.1 Å². The molecule has 0 saturated carbocycles. The van der Waals surface area contributed by atoms with Crippen LogP contribution in [0.15, 0.2) is 6.33 Å². The number of nitrogens with two attached hydrogens (primary N) is 1. The summed E-state index contributed by atoms with van der Waals surface area (Å²) in [5.74, 6) is 0.521. The van der Waals surface area contributed by atoms with E-state index in [2.05, 4.69) is 20.4 Å². The average molecular weight is 232 g/mol. The van der Waals surface area contributed by atoms with Crippen molar-refractivity contribution in [1.29, 1.82) is 0 Å². The maximum atomic E-state index is 5.88. The fourth-order valence-corrected chi connectivity index (χ4v) is 2.48. The summed E-state index contributed by atoms with van der Waals surface area (Å²) in [7, 11) is 0. The lowest BCUT2D eigenvalue weighted by Crippen LogP contribution is -2.30. The Hall–Kier alpha value is -1.69. The van der Waals surface area contributed by atoms with Gasteiger partial charge in [-0.2, -0.15) is 5.10 Å². The molecule has 0 aliphatic carbocycles. The zero-order valence-electron chi connectivity index (χ0n) is 9.85. The summed E-state index contributed by atoms with van der Waals surface area (Å²) in [5, 5.41) is 8.83. The molecule has 0 spiro atoms. The molecule has 3 rings (SSSR count). The first-order chi connectivity index (χ1) is 8.27. The molecule has 1 fully saturated rings. The normalized spacial score (nSPS) is 17.7. The Morgan fingerprint density at radius 3 is 2.88 bits per heavy atom. The predicted octanol–water partition coefficient (Wildman–Crippen LogP) is 0.641. The summed E-state index contributed by atoms with van der Waals surface area (Å²) in [6, 6.07) is 0.418. The molecule has 6 heteroatoms. The predicted molar refractivity (Wildman–Crippen MR) is 65.6 cm³/mol. The third-order valence-corrected chi connectivity index (χ3v) is 3.35. The van der Waals surface area contributed by atoms with E-state index in [1.54, 1.807) is 0 Å². The third kappa shape index (κ3) is 1.64. The van der Waals surface area contributed by atoms with E-state index in [1.807, 2.05) is 11.6 Å². The third-order valence-electron chi connectivity index (χ3n) is 3.35. The standard InChI is InChI=1S/C11H16N6/c1-7-9-10(12)14-6-15-11(9)17(16-7)8-2-4-13-5-3-8/h6,8,13H,2-5H2,1H3,(H2,12,14,15). The Labute approximate surface area is 99.2 Å². The molecule has 1 aliphatic heterocycles. The molecule has 3 heterocycles. The lowest BCUT2D eigenvalue weighted by Gasteiger charge is -2.23. The fourth-order valence-electron chi connectivity index (χ4n) is 2.48. The highest BCUT2D eigenvalue weighted by Crippen LogP contribution is 2.26. The molecule has 0 bridgehead atoms. The zero-order valence-corrected chi connectivity index (χ0v) is 9.85. The summed E-state index contributed by atoms with van der Waals surface area (Å²) in [4.78, 5) is 8.35. The highest BCUT2D eigenvalue weighted by molar-refractivity contribution is 5.87. The Morgan fingerprint density at radius 2 is 2.12 bits per heavy atom. The van der Waals surface area contributed by atoms with Crippen LogP contribution in [0.3, 0.4) is 0 Å². The van der Waals surface area contributed by atoms with Gasteiger partial charge in [-0.05, 0) is 32.9 Å². The van der Waals surface area contributed by atoms with Crippen molar-refractivity contribution in [3.8, 4) is 0 Å². The second kappa shape index (κ2) is 3.96. The van der Waals surface area contributed by atoms with Gasteiger partial charge < -0.3 is 11.1 Å². The van der Waals surface area contributed by atoms with Crippen molar-refractivity contribution >= 4 is 16.9 Å². The van der Waals surface area contributed by atoms with Crippen LogP contribution in [0.1, 0.15) is 24.6 Å². The number of hydrogen-bond acceptors (Lipinski definition) is 5. The summed E-state index contributed by atoms with van der Waals surface area (Å²) in [6.07, 6.45) is 3.68. The first kappa shape index (κ1) is 10.5. The van der Waals surface area contributed by atoms with Gasteiger partial charge in [0.2, 0.25) is 0 Å². The van der Waals surface area contributed by atoms with Gasteiger partial charge in [-0.3, -0.25) is 0 Å². The molecule has 6 nitrogen and oxygen atoms in total. The van der Waals surface area contributed by atoms with Gasteiger partial charge in [0.15, 0.2) is 5.65 Å². The molecule has 0 radical (unpaired) electrons. The van der Waals surface area contributed by atoms with E-state index in [0.29, 0.717) is 11.9 Å². The zero-order chi connectivity index (χ0) is 11.8. The second-order valence-electron chi connectivity index (χ2n) is 4.47. The Bertz CT molecular complexity index is 540. The van der Waals surface area contributed by atoms with Crippen LogP contribution in [-0.2, 0) is 0 Å². The molecule has 2 aromatic heterocycles.